The first-order valence-corrected chi connectivity index (χ1v) is 10.2. The van der Waals surface area contributed by atoms with Crippen molar-refractivity contribution in [3.05, 3.63) is 0 Å². The molecule has 1 aliphatic rings. The summed E-state index contributed by atoms with van der Waals surface area (Å²) in [4.78, 5) is 21.2. The number of hydrogen-bond acceptors (Lipinski definition) is 6. The number of alkyl halides is 1. The summed E-state index contributed by atoms with van der Waals surface area (Å²) in [5, 5.41) is 13.2. The molecule has 9 heteroatoms. The fraction of sp³-hybridized carbons (Fsp3) is 0.800. The van der Waals surface area contributed by atoms with E-state index in [0.29, 0.717) is 46.0 Å². The summed E-state index contributed by atoms with van der Waals surface area (Å²) in [5.41, 5.74) is -1.41. The van der Waals surface area contributed by atoms with Gasteiger partial charge >= 0.3 is 6.09 Å². The molecule has 0 radical (unpaired) electrons. The summed E-state index contributed by atoms with van der Waals surface area (Å²) in [7, 11) is 0. The van der Waals surface area contributed by atoms with Crippen LogP contribution in [0.25, 0.3) is 0 Å². The van der Waals surface area contributed by atoms with Crippen molar-refractivity contribution in [2.24, 2.45) is 0 Å². The Hall–Kier alpha value is -1.73. The van der Waals surface area contributed by atoms with E-state index in [4.69, 9.17) is 19.3 Å². The molecule has 1 atom stereocenters. The van der Waals surface area contributed by atoms with E-state index in [1.165, 1.54) is 0 Å². The van der Waals surface area contributed by atoms with Crippen LogP contribution in [0.2, 0.25) is 0 Å². The third-order valence-corrected chi connectivity index (χ3v) is 4.20. The lowest BCUT2D eigenvalue weighted by atomic mass is 9.95. The quantitative estimate of drug-likeness (QED) is 0.276. The number of carbonyl (C=O) groups is 2. The predicted molar refractivity (Wildman–Crippen MR) is 105 cm³/mol. The van der Waals surface area contributed by atoms with Crippen molar-refractivity contribution in [2.75, 3.05) is 52.7 Å². The van der Waals surface area contributed by atoms with E-state index < -0.39 is 17.7 Å². The molecule has 0 bridgehead atoms. The first-order valence-electron chi connectivity index (χ1n) is 10.2. The molecule has 8 nitrogen and oxygen atoms in total. The van der Waals surface area contributed by atoms with Crippen molar-refractivity contribution in [3.8, 4) is 11.8 Å². The Morgan fingerprint density at radius 3 is 2.41 bits per heavy atom. The summed E-state index contributed by atoms with van der Waals surface area (Å²) in [6, 6.07) is 0. The SMILES string of the molecule is O=C(O)NC(=O)CCOCCOCCOCCCNCC1(F)C#CCCCCC1. The fourth-order valence-electron chi connectivity index (χ4n) is 2.69. The van der Waals surface area contributed by atoms with Crippen LogP contribution >= 0.6 is 0 Å². The molecular formula is C20H33FN2O6. The van der Waals surface area contributed by atoms with Crippen LogP contribution in [0.3, 0.4) is 0 Å². The normalized spacial score (nSPS) is 18.9. The molecule has 0 aromatic rings. The second-order valence-corrected chi connectivity index (χ2v) is 6.80. The number of halogens is 1. The van der Waals surface area contributed by atoms with Crippen LogP contribution in [0.4, 0.5) is 9.18 Å². The molecule has 3 N–H and O–H groups in total. The third kappa shape index (κ3) is 14.9. The van der Waals surface area contributed by atoms with E-state index in [2.05, 4.69) is 17.2 Å². The molecule has 29 heavy (non-hydrogen) atoms. The Labute approximate surface area is 171 Å². The molecule has 1 rings (SSSR count). The Morgan fingerprint density at radius 1 is 1.00 bits per heavy atom. The molecule has 0 aliphatic heterocycles. The zero-order valence-electron chi connectivity index (χ0n) is 17.0. The molecule has 0 spiro atoms. The number of carboxylic acid groups (broad SMARTS) is 1. The summed E-state index contributed by atoms with van der Waals surface area (Å²) in [5.74, 6) is 5.11. The van der Waals surface area contributed by atoms with Gasteiger partial charge in [0, 0.05) is 19.6 Å². The van der Waals surface area contributed by atoms with Crippen LogP contribution in [-0.4, -0.2) is 75.5 Å². The van der Waals surface area contributed by atoms with Crippen molar-refractivity contribution >= 4 is 12.0 Å². The lowest BCUT2D eigenvalue weighted by Gasteiger charge is -2.21. The van der Waals surface area contributed by atoms with Gasteiger partial charge in [0.15, 0.2) is 5.67 Å². The second-order valence-electron chi connectivity index (χ2n) is 6.80. The maximum absolute atomic E-state index is 14.6. The smallest absolute Gasteiger partial charge is 0.411 e. The minimum absolute atomic E-state index is 0.0143. The highest BCUT2D eigenvalue weighted by molar-refractivity contribution is 5.90. The molecule has 1 unspecified atom stereocenters. The van der Waals surface area contributed by atoms with E-state index in [9.17, 15) is 14.0 Å². The van der Waals surface area contributed by atoms with Crippen LogP contribution in [-0.2, 0) is 19.0 Å². The maximum Gasteiger partial charge on any atom is 0.411 e. The predicted octanol–water partition coefficient (Wildman–Crippen LogP) is 1.88. The lowest BCUT2D eigenvalue weighted by Crippen LogP contribution is -2.36. The number of nitrogens with one attached hydrogen (secondary N) is 2. The van der Waals surface area contributed by atoms with Crippen molar-refractivity contribution < 1.29 is 33.3 Å². The minimum atomic E-state index is -1.41. The van der Waals surface area contributed by atoms with Gasteiger partial charge in [0.2, 0.25) is 5.91 Å². The van der Waals surface area contributed by atoms with Gasteiger partial charge in [-0.25, -0.2) is 9.18 Å². The van der Waals surface area contributed by atoms with Gasteiger partial charge < -0.3 is 24.6 Å². The monoisotopic (exact) mass is 416 g/mol. The number of carbonyl (C=O) groups excluding carboxylic acids is 1. The average molecular weight is 416 g/mol. The minimum Gasteiger partial charge on any atom is -0.465 e. The van der Waals surface area contributed by atoms with Gasteiger partial charge in [-0.3, -0.25) is 10.1 Å². The van der Waals surface area contributed by atoms with E-state index in [1.807, 2.05) is 0 Å². The molecule has 166 valence electrons. The number of imide groups is 1. The number of amides is 2. The van der Waals surface area contributed by atoms with Crippen LogP contribution in [0.15, 0.2) is 0 Å². The fourth-order valence-corrected chi connectivity index (χ4v) is 2.69. The van der Waals surface area contributed by atoms with Crippen LogP contribution < -0.4 is 10.6 Å². The van der Waals surface area contributed by atoms with Crippen molar-refractivity contribution in [1.82, 2.24) is 10.6 Å². The van der Waals surface area contributed by atoms with Gasteiger partial charge in [0.1, 0.15) is 0 Å². The van der Waals surface area contributed by atoms with Gasteiger partial charge in [-0.2, -0.15) is 0 Å². The van der Waals surface area contributed by atoms with E-state index in [-0.39, 0.29) is 19.6 Å². The molecule has 2 amide bonds. The van der Waals surface area contributed by atoms with E-state index in [1.54, 1.807) is 5.32 Å². The van der Waals surface area contributed by atoms with E-state index >= 15 is 0 Å². The summed E-state index contributed by atoms with van der Waals surface area (Å²) in [6.45, 7) is 3.22. The Kier molecular flexibility index (Phi) is 14.1. The molecule has 1 aliphatic carbocycles. The molecular weight excluding hydrogens is 383 g/mol. The largest absolute Gasteiger partial charge is 0.465 e. The topological polar surface area (TPSA) is 106 Å². The van der Waals surface area contributed by atoms with Crippen molar-refractivity contribution in [1.29, 1.82) is 0 Å². The van der Waals surface area contributed by atoms with Crippen molar-refractivity contribution in [3.63, 3.8) is 0 Å². The highest BCUT2D eigenvalue weighted by Crippen LogP contribution is 2.21. The summed E-state index contributed by atoms with van der Waals surface area (Å²) in [6.07, 6.45) is 3.69. The second kappa shape index (κ2) is 16.1. The number of ether oxygens (including phenoxy) is 3. The highest BCUT2D eigenvalue weighted by Gasteiger charge is 2.26. The van der Waals surface area contributed by atoms with Gasteiger partial charge in [-0.15, -0.1) is 0 Å². The number of hydrogen-bond donors (Lipinski definition) is 3. The molecule has 0 saturated carbocycles. The highest BCUT2D eigenvalue weighted by atomic mass is 19.1. The Bertz CT molecular complexity index is 537. The van der Waals surface area contributed by atoms with E-state index in [0.717, 1.165) is 32.1 Å². The molecule has 0 fully saturated rings. The Balaban J connectivity index is 1.84. The third-order valence-electron chi connectivity index (χ3n) is 4.20. The van der Waals surface area contributed by atoms with Crippen LogP contribution in [0.1, 0.15) is 44.9 Å². The number of rotatable bonds is 15. The van der Waals surface area contributed by atoms with Gasteiger partial charge in [-0.05, 0) is 32.2 Å². The van der Waals surface area contributed by atoms with Gasteiger partial charge in [0.25, 0.3) is 0 Å². The van der Waals surface area contributed by atoms with Crippen LogP contribution in [0.5, 0.6) is 0 Å². The standard InChI is InChI=1S/C20H33FN2O6/c21-20(8-4-2-1-3-5-9-20)17-22-10-6-11-27-13-15-29-16-14-28-12-7-18(24)23-19(25)26/h22H,1-4,6-8,10-17H2,(H,23,24)(H,25,26). The van der Waals surface area contributed by atoms with Crippen LogP contribution in [0, 0.1) is 11.8 Å². The zero-order chi connectivity index (χ0) is 21.2. The molecule has 0 aromatic carbocycles. The first-order chi connectivity index (χ1) is 14.0. The lowest BCUT2D eigenvalue weighted by molar-refractivity contribution is -0.121. The molecule has 0 aromatic heterocycles. The summed E-state index contributed by atoms with van der Waals surface area (Å²) < 4.78 is 30.5. The molecule has 0 heterocycles. The maximum atomic E-state index is 14.6. The average Bonchev–Trinajstić information content (AvgIpc) is 2.65. The first kappa shape index (κ1) is 25.3. The van der Waals surface area contributed by atoms with Gasteiger partial charge in [-0.1, -0.05) is 18.3 Å². The van der Waals surface area contributed by atoms with Gasteiger partial charge in [0.05, 0.1) is 39.5 Å². The zero-order valence-corrected chi connectivity index (χ0v) is 17.0. The Morgan fingerprint density at radius 2 is 1.69 bits per heavy atom. The molecule has 0 saturated heterocycles. The summed E-state index contributed by atoms with van der Waals surface area (Å²) >= 11 is 0. The van der Waals surface area contributed by atoms with Crippen molar-refractivity contribution in [2.45, 2.75) is 50.6 Å².